The maximum absolute atomic E-state index is 12.5. The smallest absolute Gasteiger partial charge is 0.307 e. The van der Waals surface area contributed by atoms with E-state index in [0.717, 1.165) is 22.0 Å². The van der Waals surface area contributed by atoms with Gasteiger partial charge in [0.1, 0.15) is 5.03 Å². The zero-order chi connectivity index (χ0) is 14.8. The van der Waals surface area contributed by atoms with Gasteiger partial charge in [-0.1, -0.05) is 17.7 Å². The average Bonchev–Trinajstić information content (AvgIpc) is 2.50. The third-order valence-corrected chi connectivity index (χ3v) is 4.65. The molecule has 1 aliphatic rings. The zero-order valence-electron chi connectivity index (χ0n) is 11.5. The highest BCUT2D eigenvalue weighted by atomic mass is 35.5. The maximum Gasteiger partial charge on any atom is 0.326 e. The third kappa shape index (κ3) is 2.99. The molecule has 0 bridgehead atoms. The van der Waals surface area contributed by atoms with Gasteiger partial charge in [-0.3, -0.25) is 4.90 Å². The molecule has 108 valence electrons. The first-order valence-corrected chi connectivity index (χ1v) is 7.94. The van der Waals surface area contributed by atoms with Crippen LogP contribution in [0.5, 0.6) is 0 Å². The second kappa shape index (κ2) is 5.95. The van der Waals surface area contributed by atoms with E-state index in [0.29, 0.717) is 17.3 Å². The van der Waals surface area contributed by atoms with E-state index in [1.165, 1.54) is 0 Å². The molecule has 1 N–H and O–H groups in total. The van der Waals surface area contributed by atoms with E-state index in [2.05, 4.69) is 10.3 Å². The number of benzene rings is 1. The highest BCUT2D eigenvalue weighted by Gasteiger charge is 2.23. The van der Waals surface area contributed by atoms with Gasteiger partial charge >= 0.3 is 6.03 Å². The molecule has 0 unspecified atom stereocenters. The number of anilines is 2. The fourth-order valence-corrected chi connectivity index (χ4v) is 3.23. The lowest BCUT2D eigenvalue weighted by Gasteiger charge is -2.28. The van der Waals surface area contributed by atoms with Crippen molar-refractivity contribution in [2.45, 2.75) is 11.9 Å². The van der Waals surface area contributed by atoms with E-state index in [9.17, 15) is 4.79 Å². The fourth-order valence-electron chi connectivity index (χ4n) is 2.13. The minimum atomic E-state index is -0.163. The molecule has 2 aromatic rings. The molecule has 2 amide bonds. The number of urea groups is 1. The summed E-state index contributed by atoms with van der Waals surface area (Å²) in [5.74, 6) is 0.839. The largest absolute Gasteiger partial charge is 0.326 e. The summed E-state index contributed by atoms with van der Waals surface area (Å²) in [6, 6.07) is 9.09. The molecule has 0 saturated carbocycles. The monoisotopic (exact) mass is 319 g/mol. The van der Waals surface area contributed by atoms with Gasteiger partial charge in [-0.15, -0.1) is 11.8 Å². The Kier molecular flexibility index (Phi) is 4.03. The summed E-state index contributed by atoms with van der Waals surface area (Å²) in [7, 11) is 0. The van der Waals surface area contributed by atoms with Gasteiger partial charge in [0.15, 0.2) is 0 Å². The van der Waals surface area contributed by atoms with Crippen molar-refractivity contribution >= 4 is 40.8 Å². The van der Waals surface area contributed by atoms with Crippen LogP contribution >= 0.6 is 23.4 Å². The summed E-state index contributed by atoms with van der Waals surface area (Å²) < 4.78 is 0. The van der Waals surface area contributed by atoms with Gasteiger partial charge in [0.05, 0.1) is 5.69 Å². The van der Waals surface area contributed by atoms with Gasteiger partial charge in [0, 0.05) is 29.2 Å². The number of aryl methyl sites for hydroxylation is 1. The Morgan fingerprint density at radius 1 is 1.43 bits per heavy atom. The number of halogens is 1. The molecule has 21 heavy (non-hydrogen) atoms. The minimum absolute atomic E-state index is 0.163. The average molecular weight is 320 g/mol. The molecule has 1 aromatic heterocycles. The van der Waals surface area contributed by atoms with Crippen LogP contribution in [0, 0.1) is 6.92 Å². The molecule has 0 fully saturated rings. The lowest BCUT2D eigenvalue weighted by Crippen LogP contribution is -2.38. The second-order valence-electron chi connectivity index (χ2n) is 4.72. The summed E-state index contributed by atoms with van der Waals surface area (Å²) in [4.78, 5) is 18.5. The first kappa shape index (κ1) is 14.2. The third-order valence-electron chi connectivity index (χ3n) is 3.26. The van der Waals surface area contributed by atoms with E-state index in [1.807, 2.05) is 31.2 Å². The number of hydrogen-bond acceptors (Lipinski definition) is 3. The number of rotatable bonds is 1. The molecular weight excluding hydrogens is 306 g/mol. The number of nitrogens with zero attached hydrogens (tertiary/aromatic N) is 2. The molecule has 0 radical (unpaired) electrons. The van der Waals surface area contributed by atoms with E-state index in [-0.39, 0.29) is 6.03 Å². The van der Waals surface area contributed by atoms with E-state index in [4.69, 9.17) is 11.6 Å². The number of thioether (sulfide) groups is 1. The first-order chi connectivity index (χ1) is 10.1. The summed E-state index contributed by atoms with van der Waals surface area (Å²) in [6.07, 6.45) is 1.74. The Hall–Kier alpha value is -1.72. The van der Waals surface area contributed by atoms with E-state index in [1.54, 1.807) is 28.9 Å². The van der Waals surface area contributed by atoms with Crippen molar-refractivity contribution in [2.75, 3.05) is 22.5 Å². The summed E-state index contributed by atoms with van der Waals surface area (Å²) in [5.41, 5.74) is 2.53. The standard InChI is InChI=1S/C15H14ClN3OS/c1-10-4-5-11(9-12(10)16)18-15(20)19-7-8-21-14-13(19)3-2-6-17-14/h2-6,9H,7-8H2,1H3,(H,18,20). The summed E-state index contributed by atoms with van der Waals surface area (Å²) in [6.45, 7) is 2.59. The van der Waals surface area contributed by atoms with Gasteiger partial charge in [-0.05, 0) is 36.8 Å². The van der Waals surface area contributed by atoms with Crippen molar-refractivity contribution in [1.82, 2.24) is 4.98 Å². The van der Waals surface area contributed by atoms with E-state index >= 15 is 0 Å². The molecule has 4 nitrogen and oxygen atoms in total. The van der Waals surface area contributed by atoms with Crippen LogP contribution in [0.4, 0.5) is 16.2 Å². The van der Waals surface area contributed by atoms with Crippen LogP contribution in [0.25, 0.3) is 0 Å². The normalized spacial score (nSPS) is 13.7. The number of hydrogen-bond donors (Lipinski definition) is 1. The van der Waals surface area contributed by atoms with Gasteiger partial charge in [0.25, 0.3) is 0 Å². The number of amides is 2. The van der Waals surface area contributed by atoms with Crippen molar-refractivity contribution in [3.8, 4) is 0 Å². The molecule has 1 aromatic carbocycles. The molecule has 1 aliphatic heterocycles. The predicted molar refractivity (Wildman–Crippen MR) is 87.5 cm³/mol. The predicted octanol–water partition coefficient (Wildman–Crippen LogP) is 4.19. The molecule has 0 atom stereocenters. The Bertz CT molecular complexity index is 692. The fraction of sp³-hybridized carbons (Fsp3) is 0.200. The number of fused-ring (bicyclic) bond motifs is 1. The molecule has 0 saturated heterocycles. The van der Waals surface area contributed by atoms with Gasteiger partial charge in [-0.25, -0.2) is 9.78 Å². The molecule has 3 rings (SSSR count). The highest BCUT2D eigenvalue weighted by molar-refractivity contribution is 7.99. The lowest BCUT2D eigenvalue weighted by molar-refractivity contribution is 0.257. The Morgan fingerprint density at radius 3 is 3.10 bits per heavy atom. The second-order valence-corrected chi connectivity index (χ2v) is 6.21. The van der Waals surface area contributed by atoms with Gasteiger partial charge < -0.3 is 5.32 Å². The number of carbonyl (C=O) groups is 1. The Labute approximate surface area is 132 Å². The van der Waals surface area contributed by atoms with Crippen LogP contribution in [0.15, 0.2) is 41.6 Å². The van der Waals surface area contributed by atoms with Gasteiger partial charge in [0.2, 0.25) is 0 Å². The van der Waals surface area contributed by atoms with Gasteiger partial charge in [-0.2, -0.15) is 0 Å². The van der Waals surface area contributed by atoms with Crippen LogP contribution in [0.3, 0.4) is 0 Å². The number of aromatic nitrogens is 1. The van der Waals surface area contributed by atoms with Crippen molar-refractivity contribution in [2.24, 2.45) is 0 Å². The van der Waals surface area contributed by atoms with Crippen molar-refractivity contribution in [3.05, 3.63) is 47.1 Å². The quantitative estimate of drug-likeness (QED) is 0.857. The number of nitrogens with one attached hydrogen (secondary N) is 1. The minimum Gasteiger partial charge on any atom is -0.307 e. The Morgan fingerprint density at radius 2 is 2.29 bits per heavy atom. The summed E-state index contributed by atoms with van der Waals surface area (Å²) >= 11 is 7.75. The molecule has 2 heterocycles. The van der Waals surface area contributed by atoms with Crippen LogP contribution in [0.1, 0.15) is 5.56 Å². The zero-order valence-corrected chi connectivity index (χ0v) is 13.0. The van der Waals surface area contributed by atoms with Crippen LogP contribution in [0.2, 0.25) is 5.02 Å². The topological polar surface area (TPSA) is 45.2 Å². The van der Waals surface area contributed by atoms with Crippen molar-refractivity contribution < 1.29 is 4.79 Å². The van der Waals surface area contributed by atoms with Crippen LogP contribution in [-0.2, 0) is 0 Å². The molecule has 0 aliphatic carbocycles. The highest BCUT2D eigenvalue weighted by Crippen LogP contribution is 2.32. The summed E-state index contributed by atoms with van der Waals surface area (Å²) in [5, 5.41) is 4.42. The lowest BCUT2D eigenvalue weighted by atomic mass is 10.2. The maximum atomic E-state index is 12.5. The number of carbonyl (C=O) groups excluding carboxylic acids is 1. The first-order valence-electron chi connectivity index (χ1n) is 6.57. The van der Waals surface area contributed by atoms with Crippen LogP contribution < -0.4 is 10.2 Å². The van der Waals surface area contributed by atoms with E-state index < -0.39 is 0 Å². The van der Waals surface area contributed by atoms with Crippen molar-refractivity contribution in [3.63, 3.8) is 0 Å². The molecule has 6 heteroatoms. The molecular formula is C15H14ClN3OS. The Balaban J connectivity index is 1.81. The number of pyridine rings is 1. The SMILES string of the molecule is Cc1ccc(NC(=O)N2CCSc3ncccc32)cc1Cl. The van der Waals surface area contributed by atoms with Crippen molar-refractivity contribution in [1.29, 1.82) is 0 Å². The van der Waals surface area contributed by atoms with Crippen LogP contribution in [-0.4, -0.2) is 23.3 Å². The molecule has 0 spiro atoms.